The van der Waals surface area contributed by atoms with Gasteiger partial charge in [0.25, 0.3) is 0 Å². The van der Waals surface area contributed by atoms with E-state index in [9.17, 15) is 13.6 Å². The molecule has 0 aromatic heterocycles. The second-order valence-corrected chi connectivity index (χ2v) is 4.91. The Morgan fingerprint density at radius 2 is 1.71 bits per heavy atom. The van der Waals surface area contributed by atoms with Gasteiger partial charge in [0.05, 0.1) is 11.3 Å². The van der Waals surface area contributed by atoms with E-state index in [1.54, 1.807) is 7.05 Å². The highest BCUT2D eigenvalue weighted by Crippen LogP contribution is 2.24. The van der Waals surface area contributed by atoms with Gasteiger partial charge in [-0.05, 0) is 24.6 Å². The highest BCUT2D eigenvalue weighted by atomic mass is 19.2. The lowest BCUT2D eigenvalue weighted by Gasteiger charge is -2.20. The largest absolute Gasteiger partial charge is 0.478 e. The highest BCUT2D eigenvalue weighted by molar-refractivity contribution is 5.88. The normalized spacial score (nSPS) is 10.5. The van der Waals surface area contributed by atoms with E-state index in [0.29, 0.717) is 6.54 Å². The molecule has 0 aliphatic heterocycles. The van der Waals surface area contributed by atoms with Crippen molar-refractivity contribution in [3.8, 4) is 0 Å². The van der Waals surface area contributed by atoms with E-state index in [0.717, 1.165) is 17.2 Å². The quantitative estimate of drug-likeness (QED) is 0.935. The molecule has 5 heteroatoms. The van der Waals surface area contributed by atoms with Crippen LogP contribution in [0.15, 0.2) is 36.4 Å². The molecule has 0 amide bonds. The summed E-state index contributed by atoms with van der Waals surface area (Å²) in [7, 11) is 1.62. The van der Waals surface area contributed by atoms with Crippen molar-refractivity contribution in [3.05, 3.63) is 64.7 Å². The Hall–Kier alpha value is -2.43. The molecule has 0 saturated carbocycles. The predicted octanol–water partition coefficient (Wildman–Crippen LogP) is 3.61. The zero-order valence-corrected chi connectivity index (χ0v) is 11.7. The maximum Gasteiger partial charge on any atom is 0.338 e. The summed E-state index contributed by atoms with van der Waals surface area (Å²) in [6.45, 7) is 2.36. The summed E-state index contributed by atoms with van der Waals surface area (Å²) in [5.41, 5.74) is 1.42. The fourth-order valence-corrected chi connectivity index (χ4v) is 2.05. The number of halogens is 2. The predicted molar refractivity (Wildman–Crippen MR) is 76.6 cm³/mol. The number of carboxylic acids is 1. The molecule has 0 aliphatic rings. The maximum absolute atomic E-state index is 14.0. The molecule has 1 N–H and O–H groups in total. The molecule has 110 valence electrons. The first-order chi connectivity index (χ1) is 9.90. The van der Waals surface area contributed by atoms with Crippen molar-refractivity contribution in [1.29, 1.82) is 0 Å². The zero-order chi connectivity index (χ0) is 15.6. The number of carboxylic acid groups (broad SMARTS) is 1. The van der Waals surface area contributed by atoms with Gasteiger partial charge in [0.2, 0.25) is 0 Å². The molecule has 0 heterocycles. The van der Waals surface area contributed by atoms with Gasteiger partial charge in [0.15, 0.2) is 11.6 Å². The summed E-state index contributed by atoms with van der Waals surface area (Å²) in [5, 5.41) is 8.76. The topological polar surface area (TPSA) is 40.5 Å². The number of aryl methyl sites for hydroxylation is 1. The molecule has 21 heavy (non-hydrogen) atoms. The van der Waals surface area contributed by atoms with Crippen molar-refractivity contribution in [1.82, 2.24) is 0 Å². The maximum atomic E-state index is 14.0. The van der Waals surface area contributed by atoms with Crippen molar-refractivity contribution in [2.24, 2.45) is 0 Å². The summed E-state index contributed by atoms with van der Waals surface area (Å²) in [4.78, 5) is 12.3. The van der Waals surface area contributed by atoms with Gasteiger partial charge >= 0.3 is 5.97 Å². The molecule has 0 atom stereocenters. The number of anilines is 1. The first kappa shape index (κ1) is 15.0. The van der Waals surface area contributed by atoms with Crippen LogP contribution in [0.5, 0.6) is 0 Å². The van der Waals surface area contributed by atoms with E-state index in [1.807, 2.05) is 31.2 Å². The molecule has 2 aromatic rings. The van der Waals surface area contributed by atoms with Crippen molar-refractivity contribution < 1.29 is 18.7 Å². The molecule has 0 unspecified atom stereocenters. The van der Waals surface area contributed by atoms with Crippen LogP contribution in [0.3, 0.4) is 0 Å². The Bertz CT molecular complexity index is 669. The average Bonchev–Trinajstić information content (AvgIpc) is 2.43. The molecule has 0 fully saturated rings. The van der Waals surface area contributed by atoms with Gasteiger partial charge in [-0.3, -0.25) is 0 Å². The molecule has 0 bridgehead atoms. The third-order valence-electron chi connectivity index (χ3n) is 3.24. The first-order valence-electron chi connectivity index (χ1n) is 6.38. The molecular weight excluding hydrogens is 276 g/mol. The molecule has 2 aromatic carbocycles. The van der Waals surface area contributed by atoms with Crippen LogP contribution in [0.1, 0.15) is 21.5 Å². The lowest BCUT2D eigenvalue weighted by Crippen LogP contribution is -2.19. The number of carbonyl (C=O) groups is 1. The van der Waals surface area contributed by atoms with Gasteiger partial charge < -0.3 is 10.0 Å². The van der Waals surface area contributed by atoms with E-state index in [2.05, 4.69) is 0 Å². The van der Waals surface area contributed by atoms with E-state index in [-0.39, 0.29) is 5.69 Å². The van der Waals surface area contributed by atoms with Crippen molar-refractivity contribution >= 4 is 11.7 Å². The summed E-state index contributed by atoms with van der Waals surface area (Å²) in [5.74, 6) is -3.97. The van der Waals surface area contributed by atoms with Crippen LogP contribution < -0.4 is 4.90 Å². The number of aromatic carboxylic acids is 1. The number of hydrogen-bond acceptors (Lipinski definition) is 2. The van der Waals surface area contributed by atoms with E-state index >= 15 is 0 Å². The molecular formula is C16H15F2NO2. The zero-order valence-electron chi connectivity index (χ0n) is 11.7. The Kier molecular flexibility index (Phi) is 4.21. The Balaban J connectivity index is 2.27. The minimum absolute atomic E-state index is 0.0260. The summed E-state index contributed by atoms with van der Waals surface area (Å²) in [6.07, 6.45) is 0. The van der Waals surface area contributed by atoms with Gasteiger partial charge in [-0.1, -0.05) is 29.8 Å². The minimum atomic E-state index is -1.49. The van der Waals surface area contributed by atoms with Crippen LogP contribution in [-0.2, 0) is 6.54 Å². The van der Waals surface area contributed by atoms with Gasteiger partial charge in [-0.15, -0.1) is 0 Å². The lowest BCUT2D eigenvalue weighted by atomic mass is 10.1. The first-order valence-corrected chi connectivity index (χ1v) is 6.38. The van der Waals surface area contributed by atoms with Gasteiger partial charge in [-0.25, -0.2) is 13.6 Å². The fourth-order valence-electron chi connectivity index (χ4n) is 2.05. The second kappa shape index (κ2) is 5.91. The van der Waals surface area contributed by atoms with Crippen molar-refractivity contribution in [2.75, 3.05) is 11.9 Å². The minimum Gasteiger partial charge on any atom is -0.478 e. The third-order valence-corrected chi connectivity index (χ3v) is 3.24. The van der Waals surface area contributed by atoms with Crippen LogP contribution in [0.4, 0.5) is 14.5 Å². The SMILES string of the molecule is Cc1ccc(CN(C)c2ccc(C(=O)O)c(F)c2F)cc1. The van der Waals surface area contributed by atoms with Crippen LogP contribution in [0.25, 0.3) is 0 Å². The van der Waals surface area contributed by atoms with Crippen molar-refractivity contribution in [2.45, 2.75) is 13.5 Å². The van der Waals surface area contributed by atoms with Gasteiger partial charge in [0, 0.05) is 13.6 Å². The molecule has 2 rings (SSSR count). The molecule has 0 saturated heterocycles. The van der Waals surface area contributed by atoms with Crippen molar-refractivity contribution in [3.63, 3.8) is 0 Å². The number of rotatable bonds is 4. The number of benzene rings is 2. The van der Waals surface area contributed by atoms with Crippen LogP contribution in [0.2, 0.25) is 0 Å². The standard InChI is InChI=1S/C16H15F2NO2/c1-10-3-5-11(6-4-10)9-19(2)13-8-7-12(16(20)21)14(17)15(13)18/h3-8H,9H2,1-2H3,(H,20,21). The number of hydrogen-bond donors (Lipinski definition) is 1. The van der Waals surface area contributed by atoms with E-state index in [1.165, 1.54) is 11.0 Å². The molecule has 0 aliphatic carbocycles. The Labute approximate surface area is 121 Å². The Morgan fingerprint density at radius 3 is 2.29 bits per heavy atom. The molecule has 0 spiro atoms. The fraction of sp³-hybridized carbons (Fsp3) is 0.188. The Morgan fingerprint density at radius 1 is 1.10 bits per heavy atom. The van der Waals surface area contributed by atoms with Crippen LogP contribution in [0, 0.1) is 18.6 Å². The van der Waals surface area contributed by atoms with E-state index in [4.69, 9.17) is 5.11 Å². The van der Waals surface area contributed by atoms with Gasteiger partial charge in [-0.2, -0.15) is 0 Å². The highest BCUT2D eigenvalue weighted by Gasteiger charge is 2.19. The number of nitrogens with zero attached hydrogens (tertiary/aromatic N) is 1. The monoisotopic (exact) mass is 291 g/mol. The second-order valence-electron chi connectivity index (χ2n) is 4.91. The summed E-state index contributed by atoms with van der Waals surface area (Å²) >= 11 is 0. The summed E-state index contributed by atoms with van der Waals surface area (Å²) < 4.78 is 27.6. The van der Waals surface area contributed by atoms with Crippen LogP contribution >= 0.6 is 0 Å². The molecule has 3 nitrogen and oxygen atoms in total. The third kappa shape index (κ3) is 3.18. The van der Waals surface area contributed by atoms with Crippen LogP contribution in [-0.4, -0.2) is 18.1 Å². The average molecular weight is 291 g/mol. The molecule has 0 radical (unpaired) electrons. The smallest absolute Gasteiger partial charge is 0.338 e. The lowest BCUT2D eigenvalue weighted by molar-refractivity contribution is 0.0690. The summed E-state index contributed by atoms with van der Waals surface area (Å²) in [6, 6.07) is 10.0. The van der Waals surface area contributed by atoms with E-state index < -0.39 is 23.2 Å². The van der Waals surface area contributed by atoms with Gasteiger partial charge in [0.1, 0.15) is 0 Å².